The van der Waals surface area contributed by atoms with Crippen molar-refractivity contribution in [2.24, 2.45) is 5.92 Å². The lowest BCUT2D eigenvalue weighted by atomic mass is 9.94. The number of amides is 1. The summed E-state index contributed by atoms with van der Waals surface area (Å²) in [5.74, 6) is 0.406. The first kappa shape index (κ1) is 22.1. The maximum atomic E-state index is 13.1. The lowest BCUT2D eigenvalue weighted by molar-refractivity contribution is -0.126. The Balaban J connectivity index is 1.66. The lowest BCUT2D eigenvalue weighted by Gasteiger charge is -2.32. The van der Waals surface area contributed by atoms with E-state index in [1.165, 1.54) is 23.6 Å². The summed E-state index contributed by atoms with van der Waals surface area (Å²) in [6.45, 7) is 2.55. The Labute approximate surface area is 175 Å². The average Bonchev–Trinajstić information content (AvgIpc) is 2.69. The van der Waals surface area contributed by atoms with Crippen molar-refractivity contribution < 1.29 is 17.9 Å². The highest BCUT2D eigenvalue weighted by molar-refractivity contribution is 7.89. The van der Waals surface area contributed by atoms with Gasteiger partial charge in [-0.05, 0) is 56.4 Å². The fraction of sp³-hybridized carbons (Fsp3) is 0.682. The van der Waals surface area contributed by atoms with Gasteiger partial charge in [-0.3, -0.25) is 4.79 Å². The fourth-order valence-corrected chi connectivity index (χ4v) is 6.06. The molecule has 0 radical (unpaired) electrons. The number of methoxy groups -OCH3 is 1. The Morgan fingerprint density at radius 2 is 1.76 bits per heavy atom. The second-order valence-corrected chi connectivity index (χ2v) is 10.3. The zero-order chi connectivity index (χ0) is 20.9. The number of hydrogen-bond donors (Lipinski definition) is 1. The molecule has 1 aliphatic heterocycles. The van der Waals surface area contributed by atoms with Crippen LogP contribution in [0.25, 0.3) is 0 Å². The molecule has 7 heteroatoms. The standard InChI is InChI=1S/C22H34N2O4S/c1-17-15-20(12-13-21(17)28-2)29(26,27)24-14-8-9-18(16-24)22(25)23-19-10-6-4-3-5-7-11-19/h12-13,15,18-19H,3-11,14,16H2,1-2H3,(H,23,25)/t18-/m1/s1. The Hall–Kier alpha value is -1.60. The van der Waals surface area contributed by atoms with Crippen LogP contribution in [0.3, 0.4) is 0 Å². The molecular formula is C22H34N2O4S. The Morgan fingerprint density at radius 3 is 2.41 bits per heavy atom. The van der Waals surface area contributed by atoms with Crippen molar-refractivity contribution in [3.8, 4) is 5.75 Å². The lowest BCUT2D eigenvalue weighted by Crippen LogP contribution is -2.47. The molecule has 1 aromatic carbocycles. The fourth-order valence-electron chi connectivity index (χ4n) is 4.45. The maximum absolute atomic E-state index is 13.1. The van der Waals surface area contributed by atoms with E-state index in [0.29, 0.717) is 18.7 Å². The van der Waals surface area contributed by atoms with E-state index in [0.717, 1.165) is 37.7 Å². The summed E-state index contributed by atoms with van der Waals surface area (Å²) in [5, 5.41) is 3.22. The van der Waals surface area contributed by atoms with Crippen LogP contribution in [0.4, 0.5) is 0 Å². The van der Waals surface area contributed by atoms with Crippen LogP contribution >= 0.6 is 0 Å². The molecule has 2 fully saturated rings. The van der Waals surface area contributed by atoms with Gasteiger partial charge in [-0.25, -0.2) is 8.42 Å². The molecule has 1 heterocycles. The molecule has 1 amide bonds. The molecule has 162 valence electrons. The molecular weight excluding hydrogens is 388 g/mol. The minimum atomic E-state index is -3.62. The number of benzene rings is 1. The molecule has 1 saturated carbocycles. The number of piperidine rings is 1. The first-order valence-electron chi connectivity index (χ1n) is 10.9. The van der Waals surface area contributed by atoms with Gasteiger partial charge in [0.1, 0.15) is 5.75 Å². The monoisotopic (exact) mass is 422 g/mol. The van der Waals surface area contributed by atoms with Crippen LogP contribution in [-0.2, 0) is 14.8 Å². The van der Waals surface area contributed by atoms with Crippen molar-refractivity contribution in [3.05, 3.63) is 23.8 Å². The van der Waals surface area contributed by atoms with Gasteiger partial charge in [0.25, 0.3) is 0 Å². The number of ether oxygens (including phenoxy) is 1. The average molecular weight is 423 g/mol. The van der Waals surface area contributed by atoms with E-state index in [1.807, 2.05) is 6.92 Å². The molecule has 6 nitrogen and oxygen atoms in total. The van der Waals surface area contributed by atoms with E-state index in [9.17, 15) is 13.2 Å². The summed E-state index contributed by atoms with van der Waals surface area (Å²) >= 11 is 0. The van der Waals surface area contributed by atoms with E-state index in [-0.39, 0.29) is 29.3 Å². The van der Waals surface area contributed by atoms with Crippen molar-refractivity contribution in [1.82, 2.24) is 9.62 Å². The normalized spacial score (nSPS) is 22.5. The molecule has 29 heavy (non-hydrogen) atoms. The number of nitrogens with one attached hydrogen (secondary N) is 1. The van der Waals surface area contributed by atoms with Crippen LogP contribution < -0.4 is 10.1 Å². The number of hydrogen-bond acceptors (Lipinski definition) is 4. The molecule has 1 aromatic rings. The van der Waals surface area contributed by atoms with Crippen LogP contribution in [-0.4, -0.2) is 44.9 Å². The van der Waals surface area contributed by atoms with Crippen LogP contribution in [0.2, 0.25) is 0 Å². The minimum Gasteiger partial charge on any atom is -0.496 e. The molecule has 0 bridgehead atoms. The molecule has 1 N–H and O–H groups in total. The smallest absolute Gasteiger partial charge is 0.243 e. The highest BCUT2D eigenvalue weighted by Gasteiger charge is 2.34. The largest absolute Gasteiger partial charge is 0.496 e. The van der Waals surface area contributed by atoms with Crippen molar-refractivity contribution in [2.75, 3.05) is 20.2 Å². The third kappa shape index (κ3) is 5.51. The molecule has 1 atom stereocenters. The maximum Gasteiger partial charge on any atom is 0.243 e. The number of aryl methyl sites for hydroxylation is 1. The van der Waals surface area contributed by atoms with E-state index in [4.69, 9.17) is 4.74 Å². The summed E-state index contributed by atoms with van der Waals surface area (Å²) in [7, 11) is -2.05. The minimum absolute atomic E-state index is 0.0152. The van der Waals surface area contributed by atoms with Crippen LogP contribution in [0.5, 0.6) is 5.75 Å². The van der Waals surface area contributed by atoms with E-state index >= 15 is 0 Å². The topological polar surface area (TPSA) is 75.7 Å². The Bertz CT molecular complexity index is 801. The summed E-state index contributed by atoms with van der Waals surface area (Å²) in [6.07, 6.45) is 9.60. The predicted molar refractivity (Wildman–Crippen MR) is 113 cm³/mol. The van der Waals surface area contributed by atoms with Crippen LogP contribution in [0, 0.1) is 12.8 Å². The van der Waals surface area contributed by atoms with Gasteiger partial charge in [-0.1, -0.05) is 32.1 Å². The van der Waals surface area contributed by atoms with Crippen LogP contribution in [0.1, 0.15) is 63.4 Å². The second-order valence-electron chi connectivity index (χ2n) is 8.38. The van der Waals surface area contributed by atoms with Crippen molar-refractivity contribution in [3.63, 3.8) is 0 Å². The van der Waals surface area contributed by atoms with Gasteiger partial charge in [0, 0.05) is 19.1 Å². The van der Waals surface area contributed by atoms with Gasteiger partial charge >= 0.3 is 0 Å². The summed E-state index contributed by atoms with van der Waals surface area (Å²) in [5.41, 5.74) is 0.782. The van der Waals surface area contributed by atoms with Crippen molar-refractivity contribution in [2.45, 2.75) is 75.6 Å². The number of nitrogens with zero attached hydrogens (tertiary/aromatic N) is 1. The zero-order valence-electron chi connectivity index (χ0n) is 17.7. The van der Waals surface area contributed by atoms with Gasteiger partial charge in [-0.15, -0.1) is 0 Å². The van der Waals surface area contributed by atoms with Gasteiger partial charge in [-0.2, -0.15) is 4.31 Å². The van der Waals surface area contributed by atoms with Gasteiger partial charge in [0.05, 0.1) is 17.9 Å². The number of carbonyl (C=O) groups excluding carboxylic acids is 1. The van der Waals surface area contributed by atoms with Gasteiger partial charge < -0.3 is 10.1 Å². The number of sulfonamides is 1. The van der Waals surface area contributed by atoms with Gasteiger partial charge in [0.15, 0.2) is 0 Å². The Kier molecular flexibility index (Phi) is 7.57. The zero-order valence-corrected chi connectivity index (χ0v) is 18.5. The molecule has 3 rings (SSSR count). The number of rotatable bonds is 5. The van der Waals surface area contributed by atoms with Crippen molar-refractivity contribution >= 4 is 15.9 Å². The molecule has 2 aliphatic rings. The van der Waals surface area contributed by atoms with Gasteiger partial charge in [0.2, 0.25) is 15.9 Å². The SMILES string of the molecule is COc1ccc(S(=O)(=O)N2CCC[C@@H](C(=O)NC3CCCCCCC3)C2)cc1C. The summed E-state index contributed by atoms with van der Waals surface area (Å²) < 4.78 is 33.0. The van der Waals surface area contributed by atoms with E-state index in [2.05, 4.69) is 5.32 Å². The third-order valence-corrected chi connectivity index (χ3v) is 8.07. The second kappa shape index (κ2) is 9.94. The first-order chi connectivity index (χ1) is 13.9. The third-order valence-electron chi connectivity index (χ3n) is 6.21. The highest BCUT2D eigenvalue weighted by atomic mass is 32.2. The molecule has 0 spiro atoms. The molecule has 1 saturated heterocycles. The molecule has 1 aliphatic carbocycles. The molecule has 0 unspecified atom stereocenters. The predicted octanol–water partition coefficient (Wildman–Crippen LogP) is 3.63. The number of carbonyl (C=O) groups is 1. The highest BCUT2D eigenvalue weighted by Crippen LogP contribution is 2.27. The molecule has 0 aromatic heterocycles. The quantitative estimate of drug-likeness (QED) is 0.786. The summed E-state index contributed by atoms with van der Waals surface area (Å²) in [6, 6.07) is 5.15. The van der Waals surface area contributed by atoms with E-state index < -0.39 is 10.0 Å². The van der Waals surface area contributed by atoms with Crippen molar-refractivity contribution in [1.29, 1.82) is 0 Å². The van der Waals surface area contributed by atoms with E-state index in [1.54, 1.807) is 25.3 Å². The summed E-state index contributed by atoms with van der Waals surface area (Å²) in [4.78, 5) is 13.1. The first-order valence-corrected chi connectivity index (χ1v) is 12.3. The van der Waals surface area contributed by atoms with Crippen LogP contribution in [0.15, 0.2) is 23.1 Å². The Morgan fingerprint density at radius 1 is 1.07 bits per heavy atom.